The first-order valence-corrected chi connectivity index (χ1v) is 5.14. The average molecular weight is 201 g/mol. The molecule has 1 radical (unpaired) electrons. The van der Waals surface area contributed by atoms with E-state index in [1.165, 1.54) is 7.11 Å². The molecule has 0 aromatic heterocycles. The summed E-state index contributed by atoms with van der Waals surface area (Å²) in [6, 6.07) is 0. The fourth-order valence-corrected chi connectivity index (χ4v) is 1.22. The maximum Gasteiger partial charge on any atom is 0.329 e. The Labute approximate surface area is 86.4 Å². The van der Waals surface area contributed by atoms with Crippen LogP contribution in [0.15, 0.2) is 11.5 Å². The SMILES string of the molecule is CCCC(C[C@@H](O)C(C)C)=C([O])OC. The molecule has 0 aliphatic heterocycles. The normalized spacial score (nSPS) is 15.3. The van der Waals surface area contributed by atoms with Crippen LogP contribution < -0.4 is 0 Å². The lowest BCUT2D eigenvalue weighted by molar-refractivity contribution is 0.0708. The molecule has 1 N–H and O–H groups in total. The predicted molar refractivity (Wildman–Crippen MR) is 55.1 cm³/mol. The number of hydrogen-bond acceptors (Lipinski definition) is 2. The predicted octanol–water partition coefficient (Wildman–Crippen LogP) is 2.48. The van der Waals surface area contributed by atoms with Crippen LogP contribution in [-0.4, -0.2) is 18.3 Å². The first-order valence-electron chi connectivity index (χ1n) is 5.14. The Balaban J connectivity index is 4.37. The molecule has 0 spiro atoms. The van der Waals surface area contributed by atoms with Gasteiger partial charge in [-0.3, -0.25) is 0 Å². The molecule has 0 bridgehead atoms. The Morgan fingerprint density at radius 1 is 1.43 bits per heavy atom. The molecular formula is C11H21O3. The van der Waals surface area contributed by atoms with Crippen LogP contribution in [-0.2, 0) is 9.84 Å². The van der Waals surface area contributed by atoms with E-state index in [0.29, 0.717) is 18.4 Å². The summed E-state index contributed by atoms with van der Waals surface area (Å²) in [6.45, 7) is 5.88. The van der Waals surface area contributed by atoms with E-state index in [2.05, 4.69) is 4.74 Å². The molecule has 3 nitrogen and oxygen atoms in total. The van der Waals surface area contributed by atoms with E-state index >= 15 is 0 Å². The number of ether oxygens (including phenoxy) is 1. The number of hydrogen-bond donors (Lipinski definition) is 1. The summed E-state index contributed by atoms with van der Waals surface area (Å²) < 4.78 is 4.66. The molecule has 0 aliphatic carbocycles. The van der Waals surface area contributed by atoms with Gasteiger partial charge in [-0.05, 0) is 12.3 Å². The number of methoxy groups -OCH3 is 1. The third-order valence-corrected chi connectivity index (χ3v) is 2.25. The van der Waals surface area contributed by atoms with Crippen molar-refractivity contribution in [1.82, 2.24) is 0 Å². The lowest BCUT2D eigenvalue weighted by Crippen LogP contribution is -2.16. The Morgan fingerprint density at radius 2 is 2.00 bits per heavy atom. The van der Waals surface area contributed by atoms with Gasteiger partial charge in [0.15, 0.2) is 0 Å². The number of aliphatic hydroxyl groups excluding tert-OH is 1. The topological polar surface area (TPSA) is 49.4 Å². The zero-order chi connectivity index (χ0) is 11.1. The molecule has 0 aliphatic rings. The van der Waals surface area contributed by atoms with Crippen molar-refractivity contribution < 1.29 is 14.9 Å². The highest BCUT2D eigenvalue weighted by molar-refractivity contribution is 5.04. The van der Waals surface area contributed by atoms with Crippen molar-refractivity contribution in [2.24, 2.45) is 5.92 Å². The number of aliphatic hydroxyl groups is 1. The Kier molecular flexibility index (Phi) is 6.37. The minimum atomic E-state index is -0.448. The molecule has 0 saturated heterocycles. The second kappa shape index (κ2) is 6.71. The van der Waals surface area contributed by atoms with E-state index < -0.39 is 6.10 Å². The summed E-state index contributed by atoms with van der Waals surface area (Å²) in [5.41, 5.74) is 0.691. The van der Waals surface area contributed by atoms with Gasteiger partial charge in [0.25, 0.3) is 0 Å². The van der Waals surface area contributed by atoms with Crippen molar-refractivity contribution in [2.75, 3.05) is 7.11 Å². The van der Waals surface area contributed by atoms with Crippen LogP contribution in [0.3, 0.4) is 0 Å². The van der Waals surface area contributed by atoms with Crippen molar-refractivity contribution in [1.29, 1.82) is 0 Å². The van der Waals surface area contributed by atoms with Crippen molar-refractivity contribution >= 4 is 0 Å². The van der Waals surface area contributed by atoms with Crippen LogP contribution >= 0.6 is 0 Å². The molecule has 0 aromatic rings. The molecule has 0 unspecified atom stereocenters. The zero-order valence-corrected chi connectivity index (χ0v) is 9.54. The Bertz CT molecular complexity index is 185. The molecule has 0 heterocycles. The highest BCUT2D eigenvalue weighted by atomic mass is 16.6. The van der Waals surface area contributed by atoms with Gasteiger partial charge in [-0.15, -0.1) is 0 Å². The van der Waals surface area contributed by atoms with Crippen LogP contribution in [0.2, 0.25) is 0 Å². The van der Waals surface area contributed by atoms with Crippen molar-refractivity contribution in [3.8, 4) is 0 Å². The van der Waals surface area contributed by atoms with Crippen LogP contribution in [0.1, 0.15) is 40.0 Å². The summed E-state index contributed by atoms with van der Waals surface area (Å²) in [5, 5.41) is 20.9. The highest BCUT2D eigenvalue weighted by Gasteiger charge is 2.15. The minimum absolute atomic E-state index is 0.173. The van der Waals surface area contributed by atoms with Crippen LogP contribution in [0.4, 0.5) is 0 Å². The summed E-state index contributed by atoms with van der Waals surface area (Å²) in [7, 11) is 1.37. The van der Waals surface area contributed by atoms with E-state index in [1.54, 1.807) is 0 Å². The standard InChI is InChI=1S/C11H21O3/c1-5-6-9(11(13)14-4)7-10(12)8(2)3/h8,10,12H,5-7H2,1-4H3/t10-/m1/s1. The number of rotatable bonds is 6. The summed E-state index contributed by atoms with van der Waals surface area (Å²) in [6.07, 6.45) is 1.58. The molecule has 0 aromatic carbocycles. The molecule has 1 atom stereocenters. The largest absolute Gasteiger partial charge is 0.466 e. The lowest BCUT2D eigenvalue weighted by atomic mass is 9.97. The van der Waals surface area contributed by atoms with Gasteiger partial charge >= 0.3 is 5.95 Å². The zero-order valence-electron chi connectivity index (χ0n) is 9.54. The molecule has 0 rings (SSSR count). The molecule has 83 valence electrons. The second-order valence-corrected chi connectivity index (χ2v) is 3.86. The van der Waals surface area contributed by atoms with Crippen LogP contribution in [0, 0.1) is 5.92 Å². The fraction of sp³-hybridized carbons (Fsp3) is 0.818. The van der Waals surface area contributed by atoms with E-state index in [0.717, 1.165) is 6.42 Å². The van der Waals surface area contributed by atoms with E-state index in [9.17, 15) is 10.2 Å². The van der Waals surface area contributed by atoms with Gasteiger partial charge in [0.1, 0.15) is 0 Å². The molecule has 3 heteroatoms. The monoisotopic (exact) mass is 201 g/mol. The summed E-state index contributed by atoms with van der Waals surface area (Å²) >= 11 is 0. The average Bonchev–Trinajstić information content (AvgIpc) is 2.15. The third kappa shape index (κ3) is 4.51. The molecular weight excluding hydrogens is 180 g/mol. The van der Waals surface area contributed by atoms with Gasteiger partial charge in [0, 0.05) is 12.0 Å². The summed E-state index contributed by atoms with van der Waals surface area (Å²) in [4.78, 5) is 0. The van der Waals surface area contributed by atoms with Crippen molar-refractivity contribution in [3.63, 3.8) is 0 Å². The fourth-order valence-electron chi connectivity index (χ4n) is 1.22. The molecule has 14 heavy (non-hydrogen) atoms. The van der Waals surface area contributed by atoms with Gasteiger partial charge < -0.3 is 9.84 Å². The van der Waals surface area contributed by atoms with Crippen molar-refractivity contribution in [3.05, 3.63) is 11.5 Å². The van der Waals surface area contributed by atoms with E-state index in [-0.39, 0.29) is 11.9 Å². The summed E-state index contributed by atoms with van der Waals surface area (Å²) in [5.74, 6) is -0.113. The molecule has 0 amide bonds. The second-order valence-electron chi connectivity index (χ2n) is 3.86. The Morgan fingerprint density at radius 3 is 2.36 bits per heavy atom. The quantitative estimate of drug-likeness (QED) is 0.671. The van der Waals surface area contributed by atoms with Gasteiger partial charge in [0.2, 0.25) is 0 Å². The van der Waals surface area contributed by atoms with Gasteiger partial charge in [-0.2, -0.15) is 0 Å². The van der Waals surface area contributed by atoms with Gasteiger partial charge in [-0.25, -0.2) is 5.11 Å². The smallest absolute Gasteiger partial charge is 0.329 e. The first kappa shape index (κ1) is 13.3. The first-order chi connectivity index (χ1) is 6.52. The third-order valence-electron chi connectivity index (χ3n) is 2.25. The minimum Gasteiger partial charge on any atom is -0.466 e. The maximum atomic E-state index is 11.3. The van der Waals surface area contributed by atoms with Gasteiger partial charge in [0.05, 0.1) is 13.2 Å². The highest BCUT2D eigenvalue weighted by Crippen LogP contribution is 2.20. The van der Waals surface area contributed by atoms with E-state index in [4.69, 9.17) is 0 Å². The Hall–Kier alpha value is -0.700. The molecule has 0 fully saturated rings. The van der Waals surface area contributed by atoms with Crippen LogP contribution in [0.5, 0.6) is 0 Å². The van der Waals surface area contributed by atoms with Crippen LogP contribution in [0.25, 0.3) is 0 Å². The van der Waals surface area contributed by atoms with E-state index in [1.807, 2.05) is 20.8 Å². The van der Waals surface area contributed by atoms with Crippen molar-refractivity contribution in [2.45, 2.75) is 46.1 Å². The van der Waals surface area contributed by atoms with Gasteiger partial charge in [-0.1, -0.05) is 27.2 Å². The molecule has 0 saturated carbocycles. The maximum absolute atomic E-state index is 11.3. The lowest BCUT2D eigenvalue weighted by Gasteiger charge is -2.16.